The van der Waals surface area contributed by atoms with E-state index >= 15 is 0 Å². The summed E-state index contributed by atoms with van der Waals surface area (Å²) in [6, 6.07) is 7.23. The highest BCUT2D eigenvalue weighted by Gasteiger charge is 2.39. The average molecular weight is 482 g/mol. The molecule has 0 saturated carbocycles. The van der Waals surface area contributed by atoms with Gasteiger partial charge in [-0.1, -0.05) is 13.0 Å². The second kappa shape index (κ2) is 10.2. The molecule has 8 nitrogen and oxygen atoms in total. The van der Waals surface area contributed by atoms with Gasteiger partial charge in [0, 0.05) is 32.6 Å². The zero-order valence-electron chi connectivity index (χ0n) is 17.5. The first-order chi connectivity index (χ1) is 15.2. The summed E-state index contributed by atoms with van der Waals surface area (Å²) in [7, 11) is -4.36. The molecule has 3 rings (SSSR count). The Morgan fingerprint density at radius 1 is 1.06 bits per heavy atom. The van der Waals surface area contributed by atoms with Gasteiger partial charge < -0.3 is 15.1 Å². The van der Waals surface area contributed by atoms with Crippen molar-refractivity contribution in [3.63, 3.8) is 0 Å². The standard InChI is InChI=1S/C21H24FN3O5S2/c1-2-4-18(26)24-10-12-25(13-11-24)21(28)20(23-19(27)17-5-3-14-31-17)32(29,30)16-8-6-15(22)7-9-16/h3,5-9,14,20H,2,4,10-13H2,1H3,(H,23,27)/t20-/m0/s1. The molecule has 1 aromatic heterocycles. The van der Waals surface area contributed by atoms with E-state index in [9.17, 15) is 27.2 Å². The highest BCUT2D eigenvalue weighted by atomic mass is 32.2. The average Bonchev–Trinajstić information content (AvgIpc) is 3.32. The van der Waals surface area contributed by atoms with Crippen molar-refractivity contribution in [1.29, 1.82) is 0 Å². The topological polar surface area (TPSA) is 104 Å². The number of benzene rings is 1. The van der Waals surface area contributed by atoms with Gasteiger partial charge in [0.05, 0.1) is 9.77 Å². The molecule has 0 radical (unpaired) electrons. The maximum absolute atomic E-state index is 13.3. The third kappa shape index (κ3) is 5.33. The van der Waals surface area contributed by atoms with Crippen LogP contribution >= 0.6 is 11.3 Å². The van der Waals surface area contributed by atoms with Crippen molar-refractivity contribution in [3.8, 4) is 0 Å². The number of hydrogen-bond acceptors (Lipinski definition) is 6. The molecule has 11 heteroatoms. The van der Waals surface area contributed by atoms with Gasteiger partial charge in [-0.25, -0.2) is 12.8 Å². The van der Waals surface area contributed by atoms with Crippen molar-refractivity contribution in [2.45, 2.75) is 30.0 Å². The van der Waals surface area contributed by atoms with Crippen LogP contribution in [-0.2, 0) is 19.4 Å². The number of hydrogen-bond donors (Lipinski definition) is 1. The predicted octanol–water partition coefficient (Wildman–Crippen LogP) is 1.89. The lowest BCUT2D eigenvalue weighted by Crippen LogP contribution is -2.57. The van der Waals surface area contributed by atoms with Crippen LogP contribution in [0.1, 0.15) is 29.4 Å². The zero-order chi connectivity index (χ0) is 23.3. The number of carbonyl (C=O) groups is 3. The van der Waals surface area contributed by atoms with Crippen LogP contribution in [0.3, 0.4) is 0 Å². The molecular formula is C21H24FN3O5S2. The number of sulfone groups is 1. The fourth-order valence-electron chi connectivity index (χ4n) is 3.34. The summed E-state index contributed by atoms with van der Waals surface area (Å²) < 4.78 is 39.8. The minimum absolute atomic E-state index is 0.0129. The molecule has 0 unspecified atom stereocenters. The van der Waals surface area contributed by atoms with Gasteiger partial charge in [0.15, 0.2) is 0 Å². The summed E-state index contributed by atoms with van der Waals surface area (Å²) in [5.74, 6) is -2.12. The Hall–Kier alpha value is -2.79. The third-order valence-electron chi connectivity index (χ3n) is 5.09. The molecule has 1 aromatic carbocycles. The first kappa shape index (κ1) is 23.9. The maximum atomic E-state index is 13.3. The van der Waals surface area contributed by atoms with Crippen LogP contribution in [-0.4, -0.2) is 67.5 Å². The lowest BCUT2D eigenvalue weighted by Gasteiger charge is -2.36. The van der Waals surface area contributed by atoms with Crippen LogP contribution in [0.25, 0.3) is 0 Å². The van der Waals surface area contributed by atoms with E-state index in [1.807, 2.05) is 6.92 Å². The molecule has 0 spiro atoms. The summed E-state index contributed by atoms with van der Waals surface area (Å²) in [6.07, 6.45) is 1.12. The fraction of sp³-hybridized carbons (Fsp3) is 0.381. The zero-order valence-corrected chi connectivity index (χ0v) is 19.1. The summed E-state index contributed by atoms with van der Waals surface area (Å²) in [5, 5.41) is 2.13. The van der Waals surface area contributed by atoms with Gasteiger partial charge in [-0.2, -0.15) is 0 Å². The highest BCUT2D eigenvalue weighted by Crippen LogP contribution is 2.19. The van der Waals surface area contributed by atoms with E-state index in [1.54, 1.807) is 16.3 Å². The molecule has 1 aliphatic heterocycles. The second-order valence-electron chi connectivity index (χ2n) is 7.29. The minimum atomic E-state index is -4.36. The number of thiophene rings is 1. The lowest BCUT2D eigenvalue weighted by atomic mass is 10.2. The van der Waals surface area contributed by atoms with Gasteiger partial charge >= 0.3 is 0 Å². The number of nitrogens with zero attached hydrogens (tertiary/aromatic N) is 2. The van der Waals surface area contributed by atoms with Crippen LogP contribution in [0, 0.1) is 5.82 Å². The summed E-state index contributed by atoms with van der Waals surface area (Å²) >= 11 is 1.11. The van der Waals surface area contributed by atoms with Crippen molar-refractivity contribution in [1.82, 2.24) is 15.1 Å². The number of carbonyl (C=O) groups excluding carboxylic acids is 3. The van der Waals surface area contributed by atoms with Crippen molar-refractivity contribution < 1.29 is 27.2 Å². The van der Waals surface area contributed by atoms with E-state index in [0.717, 1.165) is 35.6 Å². The molecule has 1 fully saturated rings. The summed E-state index contributed by atoms with van der Waals surface area (Å²) in [6.45, 7) is 2.77. The molecule has 1 N–H and O–H groups in total. The molecule has 0 aliphatic carbocycles. The number of amides is 3. The Morgan fingerprint density at radius 2 is 1.69 bits per heavy atom. The van der Waals surface area contributed by atoms with Crippen molar-refractivity contribution >= 4 is 38.9 Å². The Kier molecular flexibility index (Phi) is 7.62. The summed E-state index contributed by atoms with van der Waals surface area (Å²) in [4.78, 5) is 40.9. The van der Waals surface area contributed by atoms with Crippen molar-refractivity contribution in [2.75, 3.05) is 26.2 Å². The van der Waals surface area contributed by atoms with Gasteiger partial charge in [0.25, 0.3) is 11.8 Å². The lowest BCUT2D eigenvalue weighted by molar-refractivity contribution is -0.139. The summed E-state index contributed by atoms with van der Waals surface area (Å²) in [5.41, 5.74) is 0. The molecule has 3 amide bonds. The van der Waals surface area contributed by atoms with Gasteiger partial charge in [-0.3, -0.25) is 14.4 Å². The Labute approximate surface area is 189 Å². The minimum Gasteiger partial charge on any atom is -0.339 e. The van der Waals surface area contributed by atoms with Crippen LogP contribution < -0.4 is 5.32 Å². The fourth-order valence-corrected chi connectivity index (χ4v) is 5.44. The van der Waals surface area contributed by atoms with Crippen LogP contribution in [0.4, 0.5) is 4.39 Å². The molecule has 1 saturated heterocycles. The second-order valence-corrected chi connectivity index (χ2v) is 10.3. The number of halogens is 1. The van der Waals surface area contributed by atoms with Gasteiger partial charge in [0.1, 0.15) is 5.82 Å². The van der Waals surface area contributed by atoms with E-state index in [0.29, 0.717) is 12.8 Å². The highest BCUT2D eigenvalue weighted by molar-refractivity contribution is 7.92. The van der Waals surface area contributed by atoms with E-state index in [2.05, 4.69) is 5.32 Å². The molecule has 32 heavy (non-hydrogen) atoms. The van der Waals surface area contributed by atoms with Gasteiger partial charge in [0.2, 0.25) is 21.1 Å². The van der Waals surface area contributed by atoms with Crippen molar-refractivity contribution in [2.24, 2.45) is 0 Å². The molecule has 2 aromatic rings. The quantitative estimate of drug-likeness (QED) is 0.609. The molecule has 2 heterocycles. The van der Waals surface area contributed by atoms with Crippen molar-refractivity contribution in [3.05, 3.63) is 52.5 Å². The van der Waals surface area contributed by atoms with E-state index in [1.165, 1.54) is 11.0 Å². The number of rotatable bonds is 7. The molecule has 1 aliphatic rings. The normalized spacial score (nSPS) is 15.3. The maximum Gasteiger partial charge on any atom is 0.262 e. The third-order valence-corrected chi connectivity index (χ3v) is 7.83. The first-order valence-corrected chi connectivity index (χ1v) is 12.6. The van der Waals surface area contributed by atoms with Gasteiger partial charge in [-0.15, -0.1) is 11.3 Å². The van der Waals surface area contributed by atoms with E-state index < -0.39 is 32.8 Å². The first-order valence-electron chi connectivity index (χ1n) is 10.1. The monoisotopic (exact) mass is 481 g/mol. The largest absolute Gasteiger partial charge is 0.339 e. The predicted molar refractivity (Wildman–Crippen MR) is 117 cm³/mol. The van der Waals surface area contributed by atoms with Gasteiger partial charge in [-0.05, 0) is 42.1 Å². The van der Waals surface area contributed by atoms with E-state index in [4.69, 9.17) is 0 Å². The Bertz CT molecular complexity index is 1060. The smallest absolute Gasteiger partial charge is 0.262 e. The number of nitrogens with one attached hydrogen (secondary N) is 1. The molecule has 1 atom stereocenters. The molecule has 172 valence electrons. The van der Waals surface area contributed by atoms with Crippen LogP contribution in [0.5, 0.6) is 0 Å². The molecule has 0 bridgehead atoms. The number of piperazine rings is 1. The van der Waals surface area contributed by atoms with E-state index in [-0.39, 0.29) is 41.9 Å². The van der Waals surface area contributed by atoms with Crippen LogP contribution in [0.15, 0.2) is 46.7 Å². The SMILES string of the molecule is CCCC(=O)N1CCN(C(=O)[C@@H](NC(=O)c2cccs2)S(=O)(=O)c2ccc(F)cc2)CC1. The Balaban J connectivity index is 1.84. The molecular weight excluding hydrogens is 457 g/mol. The Morgan fingerprint density at radius 3 is 2.25 bits per heavy atom. The van der Waals surface area contributed by atoms with Crippen LogP contribution in [0.2, 0.25) is 0 Å².